The van der Waals surface area contributed by atoms with Gasteiger partial charge in [-0.1, -0.05) is 6.07 Å². The second kappa shape index (κ2) is 10.2. The zero-order valence-corrected chi connectivity index (χ0v) is 20.2. The molecule has 0 bridgehead atoms. The second-order valence-electron chi connectivity index (χ2n) is 8.71. The zero-order chi connectivity index (χ0) is 23.5. The van der Waals surface area contributed by atoms with Crippen LogP contribution in [-0.4, -0.2) is 60.6 Å². The highest BCUT2D eigenvalue weighted by molar-refractivity contribution is 7.98. The van der Waals surface area contributed by atoms with E-state index in [0.29, 0.717) is 22.3 Å². The Morgan fingerprint density at radius 1 is 1.15 bits per heavy atom. The summed E-state index contributed by atoms with van der Waals surface area (Å²) in [6, 6.07) is 7.70. The molecule has 1 aromatic carbocycles. The standard InChI is InChI=1S/C24H27N3O3S.CH4O/c1-15-3-6-18-21(23(15)31-2)27(9-10-28)24-19(22(18)29)7-8-20(25-24)26(11-16-4-5-16)12-17-13-30-14-17;1-2/h3,6-8,10,16-17H,4-5,9,11-14H2,1-2H3;2H,1H3. The Morgan fingerprint density at radius 2 is 1.85 bits per heavy atom. The minimum absolute atomic E-state index is 0.0253. The van der Waals surface area contributed by atoms with Gasteiger partial charge in [-0.15, -0.1) is 11.8 Å². The van der Waals surface area contributed by atoms with E-state index in [1.165, 1.54) is 12.8 Å². The smallest absolute Gasteiger partial charge is 0.198 e. The summed E-state index contributed by atoms with van der Waals surface area (Å²) < 4.78 is 7.30. The predicted octanol–water partition coefficient (Wildman–Crippen LogP) is 3.25. The van der Waals surface area contributed by atoms with Gasteiger partial charge in [0.25, 0.3) is 0 Å². The first kappa shape index (κ1) is 23.7. The van der Waals surface area contributed by atoms with Gasteiger partial charge in [0.1, 0.15) is 17.8 Å². The third-order valence-electron chi connectivity index (χ3n) is 6.35. The largest absolute Gasteiger partial charge is 0.400 e. The third kappa shape index (κ3) is 4.65. The first-order valence-electron chi connectivity index (χ1n) is 11.3. The highest BCUT2D eigenvalue weighted by Crippen LogP contribution is 2.34. The molecule has 1 aliphatic heterocycles. The van der Waals surface area contributed by atoms with Gasteiger partial charge in [-0.3, -0.25) is 4.79 Å². The van der Waals surface area contributed by atoms with Crippen LogP contribution < -0.4 is 10.3 Å². The molecule has 2 aliphatic rings. The first-order valence-corrected chi connectivity index (χ1v) is 12.5. The quantitative estimate of drug-likeness (QED) is 0.308. The number of rotatable bonds is 8. The summed E-state index contributed by atoms with van der Waals surface area (Å²) in [5.74, 6) is 2.12. The fourth-order valence-corrected chi connectivity index (χ4v) is 5.26. The van der Waals surface area contributed by atoms with Crippen LogP contribution in [-0.2, 0) is 16.1 Å². The Kier molecular flexibility index (Phi) is 7.36. The van der Waals surface area contributed by atoms with Gasteiger partial charge in [-0.05, 0) is 55.7 Å². The van der Waals surface area contributed by atoms with Crippen LogP contribution in [0.25, 0.3) is 21.9 Å². The maximum Gasteiger partial charge on any atom is 0.198 e. The van der Waals surface area contributed by atoms with E-state index in [1.807, 2.05) is 42.0 Å². The molecule has 176 valence electrons. The van der Waals surface area contributed by atoms with Crippen molar-refractivity contribution < 1.29 is 14.6 Å². The molecule has 1 aliphatic carbocycles. The lowest BCUT2D eigenvalue weighted by atomic mass is 10.1. The number of nitrogens with zero attached hydrogens (tertiary/aromatic N) is 3. The fraction of sp³-hybridized carbons (Fsp3) is 0.480. The van der Waals surface area contributed by atoms with Gasteiger partial charge in [-0.25, -0.2) is 4.98 Å². The van der Waals surface area contributed by atoms with Crippen molar-refractivity contribution in [2.45, 2.75) is 31.2 Å². The van der Waals surface area contributed by atoms with E-state index in [2.05, 4.69) is 4.90 Å². The van der Waals surface area contributed by atoms with Gasteiger partial charge in [0.2, 0.25) is 0 Å². The lowest BCUT2D eigenvalue weighted by Crippen LogP contribution is -2.40. The minimum Gasteiger partial charge on any atom is -0.400 e. The average Bonchev–Trinajstić information content (AvgIpc) is 3.63. The molecule has 2 fully saturated rings. The summed E-state index contributed by atoms with van der Waals surface area (Å²) in [7, 11) is 1.00. The van der Waals surface area contributed by atoms with E-state index < -0.39 is 0 Å². The number of carbonyl (C=O) groups excluding carboxylic acids is 1. The fourth-order valence-electron chi connectivity index (χ4n) is 4.46. The van der Waals surface area contributed by atoms with Crippen molar-refractivity contribution in [1.82, 2.24) is 9.55 Å². The van der Waals surface area contributed by atoms with Crippen LogP contribution in [0.15, 0.2) is 34.0 Å². The molecule has 7 nitrogen and oxygen atoms in total. The van der Waals surface area contributed by atoms with E-state index in [0.717, 1.165) is 67.4 Å². The number of aryl methyl sites for hydroxylation is 1. The molecule has 33 heavy (non-hydrogen) atoms. The van der Waals surface area contributed by atoms with Crippen LogP contribution in [0.3, 0.4) is 0 Å². The van der Waals surface area contributed by atoms with Crippen molar-refractivity contribution >= 4 is 45.8 Å². The van der Waals surface area contributed by atoms with Crippen molar-refractivity contribution in [1.29, 1.82) is 0 Å². The normalized spacial score (nSPS) is 15.8. The molecule has 1 saturated carbocycles. The lowest BCUT2D eigenvalue weighted by molar-refractivity contribution is -0.108. The molecule has 3 aromatic rings. The summed E-state index contributed by atoms with van der Waals surface area (Å²) in [5, 5.41) is 8.20. The number of hydrogen-bond donors (Lipinski definition) is 1. The number of aliphatic hydroxyl groups is 1. The average molecular weight is 470 g/mol. The number of aromatic nitrogens is 2. The van der Waals surface area contributed by atoms with Crippen molar-refractivity contribution in [3.63, 3.8) is 0 Å². The second-order valence-corrected chi connectivity index (χ2v) is 9.53. The van der Waals surface area contributed by atoms with Crippen molar-refractivity contribution in [3.8, 4) is 0 Å². The Bertz CT molecular complexity index is 1220. The maximum absolute atomic E-state index is 13.3. The molecule has 0 radical (unpaired) electrons. The predicted molar refractivity (Wildman–Crippen MR) is 133 cm³/mol. The maximum atomic E-state index is 13.3. The molecule has 5 rings (SSSR count). The first-order chi connectivity index (χ1) is 16.1. The Balaban J connectivity index is 0.00000126. The Morgan fingerprint density at radius 3 is 2.45 bits per heavy atom. The van der Waals surface area contributed by atoms with Gasteiger partial charge in [-0.2, -0.15) is 0 Å². The molecule has 0 unspecified atom stereocenters. The summed E-state index contributed by atoms with van der Waals surface area (Å²) >= 11 is 1.60. The zero-order valence-electron chi connectivity index (χ0n) is 19.4. The molecular weight excluding hydrogens is 438 g/mol. The highest BCUT2D eigenvalue weighted by Gasteiger charge is 2.29. The van der Waals surface area contributed by atoms with Crippen LogP contribution >= 0.6 is 11.8 Å². The molecule has 3 heterocycles. The summed E-state index contributed by atoms with van der Waals surface area (Å²) in [6.07, 6.45) is 5.42. The van der Waals surface area contributed by atoms with Crippen LogP contribution in [0, 0.1) is 18.8 Å². The number of aliphatic hydroxyl groups excluding tert-OH is 1. The van der Waals surface area contributed by atoms with Gasteiger partial charge in [0.15, 0.2) is 5.43 Å². The van der Waals surface area contributed by atoms with E-state index in [-0.39, 0.29) is 12.0 Å². The number of fused-ring (bicyclic) bond motifs is 2. The minimum atomic E-state index is -0.0253. The molecule has 1 N–H and O–H groups in total. The van der Waals surface area contributed by atoms with Crippen LogP contribution in [0.4, 0.5) is 5.82 Å². The van der Waals surface area contributed by atoms with Gasteiger partial charge >= 0.3 is 0 Å². The highest BCUT2D eigenvalue weighted by atomic mass is 32.2. The van der Waals surface area contributed by atoms with E-state index in [1.54, 1.807) is 11.8 Å². The molecule has 0 atom stereocenters. The van der Waals surface area contributed by atoms with Crippen LogP contribution in [0.2, 0.25) is 0 Å². The number of hydrogen-bond acceptors (Lipinski definition) is 7. The lowest BCUT2D eigenvalue weighted by Gasteiger charge is -2.33. The Hall–Kier alpha value is -2.42. The topological polar surface area (TPSA) is 84.7 Å². The monoisotopic (exact) mass is 469 g/mol. The number of benzene rings is 1. The molecule has 0 amide bonds. The van der Waals surface area contributed by atoms with E-state index in [4.69, 9.17) is 14.8 Å². The molecular formula is C25H31N3O4S. The Labute approximate surface area is 197 Å². The summed E-state index contributed by atoms with van der Waals surface area (Å²) in [4.78, 5) is 33.3. The molecule has 8 heteroatoms. The number of thioether (sulfide) groups is 1. The van der Waals surface area contributed by atoms with Crippen molar-refractivity contribution in [2.24, 2.45) is 11.8 Å². The SMILES string of the molecule is CO.CSc1c(C)ccc2c(=O)c3ccc(N(CC4CC4)CC4COC4)nc3n(CC=O)c12. The number of ether oxygens (including phenoxy) is 1. The molecule has 1 saturated heterocycles. The number of aldehydes is 1. The number of carbonyl (C=O) groups is 1. The third-order valence-corrected chi connectivity index (χ3v) is 7.27. The van der Waals surface area contributed by atoms with Gasteiger partial charge < -0.3 is 24.1 Å². The van der Waals surface area contributed by atoms with Crippen molar-refractivity contribution in [3.05, 3.63) is 40.1 Å². The molecule has 0 spiro atoms. The summed E-state index contributed by atoms with van der Waals surface area (Å²) in [6.45, 7) is 5.69. The van der Waals surface area contributed by atoms with E-state index in [9.17, 15) is 9.59 Å². The van der Waals surface area contributed by atoms with Gasteiger partial charge in [0.05, 0.1) is 30.7 Å². The van der Waals surface area contributed by atoms with Crippen molar-refractivity contribution in [2.75, 3.05) is 44.6 Å². The van der Waals surface area contributed by atoms with Crippen LogP contribution in [0.5, 0.6) is 0 Å². The van der Waals surface area contributed by atoms with E-state index >= 15 is 0 Å². The van der Waals surface area contributed by atoms with Gasteiger partial charge in [0, 0.05) is 36.4 Å². The molecule has 2 aromatic heterocycles. The number of anilines is 1. The summed E-state index contributed by atoms with van der Waals surface area (Å²) in [5.41, 5.74) is 2.47. The number of pyridine rings is 2. The van der Waals surface area contributed by atoms with Crippen LogP contribution in [0.1, 0.15) is 18.4 Å².